The number of hydrogen-bond donors (Lipinski definition) is 22. The molecule has 97 heavy (non-hydrogen) atoms. The van der Waals surface area contributed by atoms with Crippen LogP contribution in [0.2, 0.25) is 0 Å². The predicted molar refractivity (Wildman–Crippen MR) is 345 cm³/mol. The van der Waals surface area contributed by atoms with E-state index in [4.69, 9.17) is 68.8 Å². The molecule has 34 N–H and O–H groups in total. The van der Waals surface area contributed by atoms with Gasteiger partial charge in [-0.1, -0.05) is 0 Å². The van der Waals surface area contributed by atoms with Gasteiger partial charge in [0.2, 0.25) is 100 Å². The molecule has 0 spiro atoms. The lowest BCUT2D eigenvalue weighted by molar-refractivity contribution is -0.136. The van der Waals surface area contributed by atoms with Gasteiger partial charge in [0.1, 0.15) is 54.4 Å². The minimum absolute atomic E-state index is 0.0213. The molecular weight excluding hydrogens is 1280 g/mol. The van der Waals surface area contributed by atoms with Crippen molar-refractivity contribution in [3.05, 3.63) is 0 Å². The Kier molecular flexibility index (Phi) is 43.5. The second kappa shape index (κ2) is 48.2. The van der Waals surface area contributed by atoms with E-state index in [2.05, 4.69) is 53.2 Å². The average molecular weight is 1380 g/mol. The standard InChI is InChI=1S/C57H102N22O18/c1-29(80)31(12-19-42(64)82)70-53(93)37(14-21-44(66)84)76-49(89)32(7-2-3-25-58)72-55(95)38(15-22-45(67)85)77-51(91)34(9-5-27-60)74-57(97)40(17-24-47(69)87)79-52(92)35(10-6-28-61)75-56(96)39(16-23-46(68)86)78-50(90)33(8-4-26-59)73-54(94)36(13-20-43(65)83)71-48(88)30(62)11-18-41(63)81/h30-40H,2-28,58-62H2,1H3,(H2,63,81)(H2,64,82)(H2,65,83)(H2,66,84)(H2,67,85)(H2,68,86)(H2,69,87)(H,70,93)(H,71,88)(H,72,95)(H,73,94)(H,74,97)(H,75,96)(H,76,89)(H,77,91)(H,78,90)(H,79,92)/t30-,31-,32-,33-,34-,35-,36-,37-,38-,39-,40-/m0/s1. The fourth-order valence-corrected chi connectivity index (χ4v) is 9.13. The van der Waals surface area contributed by atoms with E-state index >= 15 is 0 Å². The zero-order valence-electron chi connectivity index (χ0n) is 54.7. The molecule has 0 aromatic heterocycles. The van der Waals surface area contributed by atoms with Crippen LogP contribution in [0.4, 0.5) is 0 Å². The molecule has 0 aliphatic heterocycles. The molecule has 0 saturated heterocycles. The Labute approximate surface area is 560 Å². The molecule has 0 aliphatic carbocycles. The predicted octanol–water partition coefficient (Wildman–Crippen LogP) is -11.0. The molecule has 17 amide bonds. The number of primary amides is 7. The third-order valence-electron chi connectivity index (χ3n) is 14.7. The first-order valence-electron chi connectivity index (χ1n) is 31.7. The summed E-state index contributed by atoms with van der Waals surface area (Å²) in [6.45, 7) is 1.10. The Bertz CT molecular complexity index is 2720. The molecule has 0 heterocycles. The van der Waals surface area contributed by atoms with Crippen molar-refractivity contribution in [2.24, 2.45) is 68.8 Å². The van der Waals surface area contributed by atoms with Crippen LogP contribution >= 0.6 is 0 Å². The van der Waals surface area contributed by atoms with Gasteiger partial charge in [0.25, 0.3) is 0 Å². The van der Waals surface area contributed by atoms with Crippen molar-refractivity contribution < 1.29 is 86.3 Å². The summed E-state index contributed by atoms with van der Waals surface area (Å²) >= 11 is 0. The molecule has 40 nitrogen and oxygen atoms in total. The summed E-state index contributed by atoms with van der Waals surface area (Å²) in [7, 11) is 0. The molecule has 0 bridgehead atoms. The number of rotatable bonds is 55. The van der Waals surface area contributed by atoms with Crippen LogP contribution in [0, 0.1) is 0 Å². The second-order valence-corrected chi connectivity index (χ2v) is 22.9. The molecule has 0 aromatic rings. The monoisotopic (exact) mass is 1380 g/mol. The highest BCUT2D eigenvalue weighted by atomic mass is 16.2. The number of nitrogens with two attached hydrogens (primary N) is 12. The van der Waals surface area contributed by atoms with Crippen LogP contribution in [0.15, 0.2) is 0 Å². The lowest BCUT2D eigenvalue weighted by Gasteiger charge is -2.28. The van der Waals surface area contributed by atoms with E-state index in [1.165, 1.54) is 0 Å². The highest BCUT2D eigenvalue weighted by Gasteiger charge is 2.37. The minimum atomic E-state index is -1.75. The highest BCUT2D eigenvalue weighted by Crippen LogP contribution is 2.12. The number of carbonyl (C=O) groups excluding carboxylic acids is 18. The van der Waals surface area contributed by atoms with E-state index in [0.29, 0.717) is 6.42 Å². The number of carbonyl (C=O) groups is 18. The van der Waals surface area contributed by atoms with Crippen LogP contribution in [-0.2, 0) is 86.3 Å². The molecule has 0 unspecified atom stereocenters. The van der Waals surface area contributed by atoms with Crippen LogP contribution in [0.1, 0.15) is 155 Å². The molecule has 11 atom stereocenters. The summed E-state index contributed by atoms with van der Waals surface area (Å²) in [5.41, 5.74) is 66.2. The van der Waals surface area contributed by atoms with Crippen molar-refractivity contribution in [1.82, 2.24) is 53.2 Å². The van der Waals surface area contributed by atoms with Gasteiger partial charge < -0.3 is 122 Å². The van der Waals surface area contributed by atoms with Crippen LogP contribution in [-0.4, -0.2) is 199 Å². The van der Waals surface area contributed by atoms with Gasteiger partial charge >= 0.3 is 0 Å². The smallest absolute Gasteiger partial charge is 0.243 e. The first-order valence-corrected chi connectivity index (χ1v) is 31.7. The van der Waals surface area contributed by atoms with Crippen LogP contribution in [0.3, 0.4) is 0 Å². The Morgan fingerprint density at radius 2 is 0.392 bits per heavy atom. The van der Waals surface area contributed by atoms with E-state index < -0.39 is 230 Å². The van der Waals surface area contributed by atoms with Crippen molar-refractivity contribution in [3.63, 3.8) is 0 Å². The van der Waals surface area contributed by atoms with Gasteiger partial charge in [0, 0.05) is 44.9 Å². The van der Waals surface area contributed by atoms with Crippen molar-refractivity contribution in [2.45, 2.75) is 221 Å². The Morgan fingerprint density at radius 1 is 0.227 bits per heavy atom. The van der Waals surface area contributed by atoms with E-state index in [1.807, 2.05) is 0 Å². The summed E-state index contributed by atoms with van der Waals surface area (Å²) in [6.07, 6.45) is -6.08. The summed E-state index contributed by atoms with van der Waals surface area (Å²) in [6, 6.07) is -17.1. The first-order chi connectivity index (χ1) is 45.6. The van der Waals surface area contributed by atoms with Crippen LogP contribution < -0.4 is 122 Å². The third-order valence-corrected chi connectivity index (χ3v) is 14.7. The summed E-state index contributed by atoms with van der Waals surface area (Å²) < 4.78 is 0. The molecule has 0 rings (SSSR count). The van der Waals surface area contributed by atoms with E-state index in [9.17, 15) is 86.3 Å². The maximum Gasteiger partial charge on any atom is 0.243 e. The third kappa shape index (κ3) is 38.6. The molecule has 548 valence electrons. The topological polar surface area (TPSA) is 740 Å². The SMILES string of the molecule is CC(=O)[C@H](CCC(N)=O)NC(=O)[C@H](CCC(N)=O)NC(=O)[C@H](CCCCN)NC(=O)[C@H](CCC(N)=O)NC(=O)[C@H](CCCN)NC(=O)[C@H](CCC(N)=O)NC(=O)[C@H](CCCN)NC(=O)[C@H](CCC(N)=O)NC(=O)[C@H](CCCN)NC(=O)[C@H](CCC(N)=O)NC(=O)[C@@H](N)CCC(N)=O. The Hall–Kier alpha value is -9.54. The number of unbranched alkanes of at least 4 members (excludes halogenated alkanes) is 1. The zero-order valence-corrected chi connectivity index (χ0v) is 54.7. The van der Waals surface area contributed by atoms with Crippen LogP contribution in [0.5, 0.6) is 0 Å². The largest absolute Gasteiger partial charge is 0.370 e. The highest BCUT2D eigenvalue weighted by molar-refractivity contribution is 6.00. The van der Waals surface area contributed by atoms with Gasteiger partial charge in [-0.25, -0.2) is 0 Å². The van der Waals surface area contributed by atoms with E-state index in [0.717, 1.165) is 6.92 Å². The van der Waals surface area contributed by atoms with Gasteiger partial charge in [-0.15, -0.1) is 0 Å². The van der Waals surface area contributed by atoms with E-state index in [1.54, 1.807) is 0 Å². The number of ketones is 1. The summed E-state index contributed by atoms with van der Waals surface area (Å²) in [5, 5.41) is 24.3. The Morgan fingerprint density at radius 3 is 0.588 bits per heavy atom. The molecular formula is C57H102N22O18. The first kappa shape index (κ1) is 87.5. The molecule has 0 aliphatic rings. The number of amides is 17. The van der Waals surface area contributed by atoms with Crippen molar-refractivity contribution in [3.8, 4) is 0 Å². The zero-order chi connectivity index (χ0) is 73.9. The fraction of sp³-hybridized carbons (Fsp3) is 0.684. The summed E-state index contributed by atoms with van der Waals surface area (Å²) in [4.78, 5) is 235. The maximum atomic E-state index is 14.3. The van der Waals surface area contributed by atoms with Gasteiger partial charge in [0.15, 0.2) is 5.78 Å². The average Bonchev–Trinajstić information content (AvgIpc) is 0.983. The Balaban J connectivity index is 7.18. The van der Waals surface area contributed by atoms with Crippen LogP contribution in [0.25, 0.3) is 0 Å². The van der Waals surface area contributed by atoms with Gasteiger partial charge in [-0.3, -0.25) is 86.3 Å². The van der Waals surface area contributed by atoms with Gasteiger partial charge in [0.05, 0.1) is 12.1 Å². The van der Waals surface area contributed by atoms with Crippen molar-refractivity contribution >= 4 is 106 Å². The fourth-order valence-electron chi connectivity index (χ4n) is 9.13. The lowest BCUT2D eigenvalue weighted by Crippen LogP contribution is -2.61. The number of nitrogens with one attached hydrogen (secondary N) is 10. The molecule has 0 radical (unpaired) electrons. The second-order valence-electron chi connectivity index (χ2n) is 22.9. The maximum absolute atomic E-state index is 14.3. The van der Waals surface area contributed by atoms with Crippen molar-refractivity contribution in [2.75, 3.05) is 26.2 Å². The molecule has 40 heteroatoms. The quantitative estimate of drug-likeness (QED) is 0.0251. The normalized spacial score (nSPS) is 14.3. The molecule has 0 aromatic carbocycles. The minimum Gasteiger partial charge on any atom is -0.370 e. The van der Waals surface area contributed by atoms with E-state index in [-0.39, 0.29) is 110 Å². The molecule has 0 fully saturated rings. The van der Waals surface area contributed by atoms with Gasteiger partial charge in [-0.2, -0.15) is 0 Å². The van der Waals surface area contributed by atoms with Crippen molar-refractivity contribution in [1.29, 1.82) is 0 Å². The molecule has 0 saturated carbocycles. The van der Waals surface area contributed by atoms with Gasteiger partial charge in [-0.05, 0) is 136 Å². The summed E-state index contributed by atoms with van der Waals surface area (Å²) in [5.74, 6) is -17.2. The number of hydrogen-bond acceptors (Lipinski definition) is 23. The lowest BCUT2D eigenvalue weighted by atomic mass is 10.0. The number of Topliss-reactive ketones (excluding diaryl/α,β-unsaturated/α-hetero) is 1.